The van der Waals surface area contributed by atoms with E-state index in [0.29, 0.717) is 19.3 Å². The fourth-order valence-electron chi connectivity index (χ4n) is 7.23. The molecule has 0 aliphatic heterocycles. The maximum Gasteiger partial charge on any atom is 0.306 e. The van der Waals surface area contributed by atoms with E-state index in [-0.39, 0.29) is 44.0 Å². The van der Waals surface area contributed by atoms with Crippen molar-refractivity contribution in [1.82, 2.24) is 0 Å². The quantitative estimate of drug-likeness (QED) is 0.0262. The maximum atomic E-state index is 12.8. The first kappa shape index (κ1) is 64.8. The molecule has 0 aromatic carbocycles. The summed E-state index contributed by atoms with van der Waals surface area (Å²) in [7, 11) is 0. The van der Waals surface area contributed by atoms with Crippen molar-refractivity contribution in [3.63, 3.8) is 0 Å². The van der Waals surface area contributed by atoms with Crippen LogP contribution < -0.4 is 0 Å². The largest absolute Gasteiger partial charge is 0.462 e. The van der Waals surface area contributed by atoms with Gasteiger partial charge in [0.15, 0.2) is 6.10 Å². The number of hydrogen-bond acceptors (Lipinski definition) is 6. The van der Waals surface area contributed by atoms with E-state index < -0.39 is 6.10 Å². The topological polar surface area (TPSA) is 78.9 Å². The van der Waals surface area contributed by atoms with Crippen LogP contribution in [-0.2, 0) is 28.6 Å². The highest BCUT2D eigenvalue weighted by Crippen LogP contribution is 2.13. The number of ether oxygens (including phenoxy) is 3. The van der Waals surface area contributed by atoms with Gasteiger partial charge in [-0.25, -0.2) is 0 Å². The molecule has 0 saturated heterocycles. The van der Waals surface area contributed by atoms with Crippen molar-refractivity contribution in [1.29, 1.82) is 0 Å². The Morgan fingerprint density at radius 1 is 0.304 bits per heavy atom. The molecule has 0 rings (SSSR count). The molecule has 0 bridgehead atoms. The second kappa shape index (κ2) is 56.4. The van der Waals surface area contributed by atoms with Gasteiger partial charge in [0.2, 0.25) is 0 Å². The Morgan fingerprint density at radius 3 is 0.971 bits per heavy atom. The Labute approximate surface area is 424 Å². The van der Waals surface area contributed by atoms with Gasteiger partial charge in [0.25, 0.3) is 0 Å². The second-order valence-corrected chi connectivity index (χ2v) is 18.1. The lowest BCUT2D eigenvalue weighted by atomic mass is 10.1. The van der Waals surface area contributed by atoms with Crippen LogP contribution in [0.3, 0.4) is 0 Å². The van der Waals surface area contributed by atoms with Gasteiger partial charge in [0.05, 0.1) is 0 Å². The fraction of sp³-hybridized carbons (Fsp3) is 0.635. The van der Waals surface area contributed by atoms with Gasteiger partial charge >= 0.3 is 17.9 Å². The third kappa shape index (κ3) is 54.6. The van der Waals surface area contributed by atoms with Crippen molar-refractivity contribution < 1.29 is 28.6 Å². The molecule has 0 aromatic heterocycles. The Balaban J connectivity index is 4.58. The summed E-state index contributed by atoms with van der Waals surface area (Å²) in [6.07, 6.45) is 77.7. The number of hydrogen-bond donors (Lipinski definition) is 0. The molecule has 0 amide bonds. The summed E-state index contributed by atoms with van der Waals surface area (Å²) in [6.45, 7) is 6.39. The number of unbranched alkanes of at least 4 members (excludes halogenated alkanes) is 18. The minimum Gasteiger partial charge on any atom is -0.462 e. The van der Waals surface area contributed by atoms with Gasteiger partial charge in [-0.1, -0.05) is 219 Å². The van der Waals surface area contributed by atoms with E-state index in [1.165, 1.54) is 96.3 Å². The molecule has 0 fully saturated rings. The molecule has 0 heterocycles. The Kier molecular flexibility index (Phi) is 53.0. The van der Waals surface area contributed by atoms with Gasteiger partial charge in [-0.2, -0.15) is 0 Å². The third-order valence-electron chi connectivity index (χ3n) is 11.4. The molecule has 0 aliphatic carbocycles. The Bertz CT molecular complexity index is 1470. The fourth-order valence-corrected chi connectivity index (χ4v) is 7.23. The molecular formula is C63H102O6. The minimum absolute atomic E-state index is 0.124. The number of rotatable bonds is 49. The van der Waals surface area contributed by atoms with Crippen LogP contribution in [0.1, 0.15) is 239 Å². The molecule has 0 unspecified atom stereocenters. The lowest BCUT2D eigenvalue weighted by molar-refractivity contribution is -0.167. The first-order valence-corrected chi connectivity index (χ1v) is 28.0. The van der Waals surface area contributed by atoms with E-state index in [0.717, 1.165) is 89.9 Å². The number of carbonyl (C=O) groups excluding carboxylic acids is 3. The predicted octanol–water partition coefficient (Wildman–Crippen LogP) is 18.9. The van der Waals surface area contributed by atoms with Gasteiger partial charge in [0, 0.05) is 19.3 Å². The van der Waals surface area contributed by atoms with Gasteiger partial charge in [-0.05, 0) is 122 Å². The lowest BCUT2D eigenvalue weighted by Gasteiger charge is -2.18. The average Bonchev–Trinajstić information content (AvgIpc) is 3.35. The molecule has 0 aliphatic rings. The maximum absolute atomic E-state index is 12.8. The van der Waals surface area contributed by atoms with Crippen LogP contribution in [0.4, 0.5) is 0 Å². The summed E-state index contributed by atoms with van der Waals surface area (Å²) >= 11 is 0. The van der Waals surface area contributed by atoms with Crippen LogP contribution in [0.25, 0.3) is 0 Å². The van der Waals surface area contributed by atoms with E-state index in [2.05, 4.69) is 142 Å². The summed E-state index contributed by atoms with van der Waals surface area (Å²) in [5.74, 6) is -1.05. The molecule has 0 saturated carbocycles. The first-order valence-electron chi connectivity index (χ1n) is 28.0. The molecule has 6 nitrogen and oxygen atoms in total. The van der Waals surface area contributed by atoms with Gasteiger partial charge < -0.3 is 14.2 Å². The molecule has 0 N–H and O–H groups in total. The molecule has 0 aromatic rings. The van der Waals surface area contributed by atoms with Gasteiger partial charge in [0.1, 0.15) is 13.2 Å². The van der Waals surface area contributed by atoms with Gasteiger partial charge in [-0.15, -0.1) is 0 Å². The number of esters is 3. The van der Waals surface area contributed by atoms with Crippen LogP contribution in [-0.4, -0.2) is 37.2 Å². The zero-order valence-electron chi connectivity index (χ0n) is 44.5. The molecule has 69 heavy (non-hydrogen) atoms. The van der Waals surface area contributed by atoms with E-state index in [9.17, 15) is 14.4 Å². The molecule has 0 spiro atoms. The predicted molar refractivity (Wildman–Crippen MR) is 297 cm³/mol. The highest BCUT2D eigenvalue weighted by Gasteiger charge is 2.19. The lowest BCUT2D eigenvalue weighted by Crippen LogP contribution is -2.30. The van der Waals surface area contributed by atoms with Crippen LogP contribution in [0, 0.1) is 0 Å². The zero-order valence-corrected chi connectivity index (χ0v) is 44.5. The molecule has 6 heteroatoms. The highest BCUT2D eigenvalue weighted by atomic mass is 16.6. The van der Waals surface area contributed by atoms with E-state index in [1.54, 1.807) is 0 Å². The average molecular weight is 956 g/mol. The minimum atomic E-state index is -0.835. The smallest absolute Gasteiger partial charge is 0.306 e. The van der Waals surface area contributed by atoms with E-state index in [1.807, 2.05) is 0 Å². The Hall–Kier alpha value is -4.19. The third-order valence-corrected chi connectivity index (χ3v) is 11.4. The number of carbonyl (C=O) groups is 3. The normalized spacial score (nSPS) is 13.0. The molecular weight excluding hydrogens is 853 g/mol. The van der Waals surface area contributed by atoms with E-state index in [4.69, 9.17) is 14.2 Å². The first-order chi connectivity index (χ1) is 34.0. The standard InChI is InChI=1S/C63H102O6/c1-4-7-10-13-16-19-22-25-28-31-34-37-40-43-46-49-52-55-61(64)67-58-60(69-63(66)57-54-51-48-45-42-39-36-33-30-27-24-21-18-15-12-9-6-3)59-68-62(65)56-53-50-47-44-41-38-35-32-29-26-23-20-17-14-11-8-5-2/h9,12,16,18-19,21,25-30,35-36,38-39,44-45,47-48,60H,4-8,10-11,13-15,17,20,22-24,31-34,37,40-43,46,49-59H2,1-3H3/b12-9-,19-16-,21-18-,28-25-,29-26-,30-27-,38-35-,39-36-,47-44-,48-45-/t60-/m1/s1. The molecule has 0 radical (unpaired) electrons. The molecule has 390 valence electrons. The van der Waals surface area contributed by atoms with Gasteiger partial charge in [-0.3, -0.25) is 14.4 Å². The van der Waals surface area contributed by atoms with Crippen molar-refractivity contribution >= 4 is 17.9 Å². The van der Waals surface area contributed by atoms with Crippen LogP contribution >= 0.6 is 0 Å². The summed E-state index contributed by atoms with van der Waals surface area (Å²) in [6, 6.07) is 0. The van der Waals surface area contributed by atoms with Crippen molar-refractivity contribution in [2.75, 3.05) is 13.2 Å². The van der Waals surface area contributed by atoms with Crippen LogP contribution in [0.5, 0.6) is 0 Å². The van der Waals surface area contributed by atoms with Crippen LogP contribution in [0.2, 0.25) is 0 Å². The zero-order chi connectivity index (χ0) is 50.0. The summed E-state index contributed by atoms with van der Waals surface area (Å²) < 4.78 is 16.7. The monoisotopic (exact) mass is 955 g/mol. The summed E-state index contributed by atoms with van der Waals surface area (Å²) in [5, 5.41) is 0. The molecule has 1 atom stereocenters. The van der Waals surface area contributed by atoms with Crippen molar-refractivity contribution in [2.24, 2.45) is 0 Å². The SMILES string of the molecule is CC/C=C\C/C=C\C/C=C\C/C=C\C/C=C\CCCC(=O)O[C@@H](COC(=O)CCC/C=C\C/C=C\C/C=C\CCCCCCCC)COC(=O)CCCCCCCCC/C=C\C/C=C\CCCCC. The summed E-state index contributed by atoms with van der Waals surface area (Å²) in [4.78, 5) is 38.1. The number of allylic oxidation sites excluding steroid dienone is 20. The van der Waals surface area contributed by atoms with Crippen molar-refractivity contribution in [2.45, 2.75) is 245 Å². The van der Waals surface area contributed by atoms with E-state index >= 15 is 0 Å². The summed E-state index contributed by atoms with van der Waals surface area (Å²) in [5.41, 5.74) is 0. The highest BCUT2D eigenvalue weighted by molar-refractivity contribution is 5.71. The van der Waals surface area contributed by atoms with Crippen molar-refractivity contribution in [3.8, 4) is 0 Å². The van der Waals surface area contributed by atoms with Crippen molar-refractivity contribution in [3.05, 3.63) is 122 Å². The van der Waals surface area contributed by atoms with Crippen LogP contribution in [0.15, 0.2) is 122 Å². The second-order valence-electron chi connectivity index (χ2n) is 18.1. The Morgan fingerprint density at radius 2 is 0.580 bits per heavy atom.